The Morgan fingerprint density at radius 3 is 2.29 bits per heavy atom. The smallest absolute Gasteiger partial charge is 0.258 e. The first-order chi connectivity index (χ1) is 13.3. The number of rotatable bonds is 5. The first-order valence-corrected chi connectivity index (χ1v) is 12.6. The minimum atomic E-state index is -1.98. The molecule has 148 valence electrons. The largest absolute Gasteiger partial charge is 0.543 e. The van der Waals surface area contributed by atoms with Gasteiger partial charge in [0, 0.05) is 17.8 Å². The van der Waals surface area contributed by atoms with Gasteiger partial charge in [0.25, 0.3) is 8.32 Å². The number of hydrogen-bond acceptors (Lipinski definition) is 3. The van der Waals surface area contributed by atoms with Gasteiger partial charge in [-0.3, -0.25) is 4.99 Å². The summed E-state index contributed by atoms with van der Waals surface area (Å²) in [6.07, 6.45) is 2.05. The first kappa shape index (κ1) is 19.3. The van der Waals surface area contributed by atoms with Gasteiger partial charge in [0.15, 0.2) is 0 Å². The number of fused-ring (bicyclic) bond motifs is 4. The van der Waals surface area contributed by atoms with Crippen molar-refractivity contribution in [2.75, 3.05) is 6.61 Å². The molecule has 0 fully saturated rings. The quantitative estimate of drug-likeness (QED) is 0.533. The van der Waals surface area contributed by atoms with Gasteiger partial charge in [-0.1, -0.05) is 65.8 Å². The first-order valence-electron chi connectivity index (χ1n) is 10.4. The second-order valence-corrected chi connectivity index (χ2v) is 14.5. The van der Waals surface area contributed by atoms with E-state index in [1.165, 1.54) is 11.1 Å². The van der Waals surface area contributed by atoms with E-state index in [-0.39, 0.29) is 5.41 Å². The molecule has 0 aliphatic carbocycles. The highest BCUT2D eigenvalue weighted by Crippen LogP contribution is 2.50. The van der Waals surface area contributed by atoms with Gasteiger partial charge in [0.2, 0.25) is 0 Å². The zero-order valence-corrected chi connectivity index (χ0v) is 18.8. The van der Waals surface area contributed by atoms with Crippen molar-refractivity contribution in [1.29, 1.82) is 0 Å². The Bertz CT molecular complexity index is 897. The van der Waals surface area contributed by atoms with E-state index in [4.69, 9.17) is 9.16 Å². The lowest BCUT2D eigenvalue weighted by Crippen LogP contribution is -2.50. The van der Waals surface area contributed by atoms with Gasteiger partial charge in [0.05, 0.1) is 11.1 Å². The summed E-state index contributed by atoms with van der Waals surface area (Å²) in [6, 6.07) is 14.8. The molecule has 3 nitrogen and oxygen atoms in total. The minimum Gasteiger partial charge on any atom is -0.543 e. The number of aliphatic imine (C=N–C) groups is 1. The molecule has 1 spiro atoms. The highest BCUT2D eigenvalue weighted by atomic mass is 28.4. The maximum absolute atomic E-state index is 6.86. The second-order valence-electron chi connectivity index (χ2n) is 9.11. The Labute approximate surface area is 169 Å². The standard InChI is InChI=1S/C24H31NO2Si/c1-16(2)28(17(3)4,18(5)6)27-19-11-12-21-23(13-19)26-15-24(21)14-25-22-10-8-7-9-20(22)24/h7-14,16-18H,15H2,1-6H3. The number of nitrogens with zero attached hydrogens (tertiary/aromatic N) is 1. The summed E-state index contributed by atoms with van der Waals surface area (Å²) in [6.45, 7) is 14.5. The maximum atomic E-state index is 6.86. The fraction of sp³-hybridized carbons (Fsp3) is 0.458. The van der Waals surface area contributed by atoms with Crippen LogP contribution in [0.2, 0.25) is 16.6 Å². The molecule has 2 aromatic rings. The number of benzene rings is 2. The molecule has 0 saturated heterocycles. The third kappa shape index (κ3) is 2.65. The topological polar surface area (TPSA) is 30.8 Å². The van der Waals surface area contributed by atoms with Crippen molar-refractivity contribution < 1.29 is 9.16 Å². The molecule has 2 aliphatic heterocycles. The number of hydrogen-bond donors (Lipinski definition) is 0. The van der Waals surface area contributed by atoms with Crippen molar-refractivity contribution in [2.45, 2.75) is 63.6 Å². The predicted octanol–water partition coefficient (Wildman–Crippen LogP) is 6.64. The molecule has 0 saturated carbocycles. The van der Waals surface area contributed by atoms with Crippen molar-refractivity contribution in [3.63, 3.8) is 0 Å². The van der Waals surface area contributed by atoms with Crippen LogP contribution in [0.4, 0.5) is 5.69 Å². The number of ether oxygens (including phenoxy) is 1. The van der Waals surface area contributed by atoms with Crippen LogP contribution in [-0.4, -0.2) is 21.1 Å². The van der Waals surface area contributed by atoms with Gasteiger partial charge >= 0.3 is 0 Å². The van der Waals surface area contributed by atoms with Crippen LogP contribution in [0, 0.1) is 0 Å². The van der Waals surface area contributed by atoms with Crippen LogP contribution >= 0.6 is 0 Å². The summed E-state index contributed by atoms with van der Waals surface area (Å²) in [5, 5.41) is 0. The van der Waals surface area contributed by atoms with Gasteiger partial charge in [-0.15, -0.1) is 0 Å². The molecule has 4 rings (SSSR count). The van der Waals surface area contributed by atoms with Crippen LogP contribution in [0.15, 0.2) is 47.5 Å². The summed E-state index contributed by atoms with van der Waals surface area (Å²) in [4.78, 5) is 4.66. The molecule has 28 heavy (non-hydrogen) atoms. The molecule has 1 atom stereocenters. The molecule has 0 bridgehead atoms. The van der Waals surface area contributed by atoms with Gasteiger partial charge < -0.3 is 9.16 Å². The van der Waals surface area contributed by atoms with Gasteiger partial charge in [0.1, 0.15) is 18.1 Å². The van der Waals surface area contributed by atoms with E-state index < -0.39 is 8.32 Å². The van der Waals surface area contributed by atoms with Crippen molar-refractivity contribution in [1.82, 2.24) is 0 Å². The minimum absolute atomic E-state index is 0.257. The zero-order valence-electron chi connectivity index (χ0n) is 17.8. The number of para-hydroxylation sites is 1. The van der Waals surface area contributed by atoms with Crippen molar-refractivity contribution in [2.24, 2.45) is 4.99 Å². The van der Waals surface area contributed by atoms with Crippen molar-refractivity contribution in [3.8, 4) is 11.5 Å². The third-order valence-electron chi connectivity index (χ3n) is 6.70. The highest BCUT2D eigenvalue weighted by Gasteiger charge is 2.48. The van der Waals surface area contributed by atoms with Crippen LogP contribution in [-0.2, 0) is 5.41 Å². The Morgan fingerprint density at radius 2 is 1.61 bits per heavy atom. The average Bonchev–Trinajstić information content (AvgIpc) is 3.21. The predicted molar refractivity (Wildman–Crippen MR) is 119 cm³/mol. The maximum Gasteiger partial charge on any atom is 0.258 e. The Balaban J connectivity index is 1.72. The van der Waals surface area contributed by atoms with Gasteiger partial charge in [-0.2, -0.15) is 0 Å². The molecule has 4 heteroatoms. The van der Waals surface area contributed by atoms with Crippen LogP contribution in [0.1, 0.15) is 52.7 Å². The normalized spacial score (nSPS) is 20.2. The molecule has 0 radical (unpaired) electrons. The molecule has 2 aliphatic rings. The SMILES string of the molecule is CC(C)[Si](Oc1ccc2c(c1)OCC21C=Nc2ccccc21)(C(C)C)C(C)C. The fourth-order valence-corrected chi connectivity index (χ4v) is 10.7. The van der Waals surface area contributed by atoms with E-state index in [9.17, 15) is 0 Å². The second kappa shape index (κ2) is 6.77. The Kier molecular flexibility index (Phi) is 4.65. The molecule has 2 aromatic carbocycles. The van der Waals surface area contributed by atoms with Crippen LogP contribution in [0.25, 0.3) is 0 Å². The summed E-state index contributed by atoms with van der Waals surface area (Å²) in [5.41, 5.74) is 4.85. The lowest BCUT2D eigenvalue weighted by atomic mass is 9.78. The van der Waals surface area contributed by atoms with E-state index >= 15 is 0 Å². The van der Waals surface area contributed by atoms with Crippen LogP contribution in [0.5, 0.6) is 11.5 Å². The van der Waals surface area contributed by atoms with E-state index in [0.717, 1.165) is 17.2 Å². The van der Waals surface area contributed by atoms with E-state index in [2.05, 4.69) is 89.1 Å². The summed E-state index contributed by atoms with van der Waals surface area (Å²) in [7, 11) is -1.98. The fourth-order valence-electron chi connectivity index (χ4n) is 5.42. The van der Waals surface area contributed by atoms with Gasteiger partial charge in [-0.25, -0.2) is 0 Å². The molecule has 2 heterocycles. The third-order valence-corrected chi connectivity index (χ3v) is 12.7. The molecule has 0 amide bonds. The van der Waals surface area contributed by atoms with Crippen molar-refractivity contribution in [3.05, 3.63) is 53.6 Å². The zero-order chi connectivity index (χ0) is 20.1. The molecular formula is C24H31NO2Si. The molecule has 1 unspecified atom stereocenters. The van der Waals surface area contributed by atoms with Gasteiger partial charge in [-0.05, 0) is 34.3 Å². The van der Waals surface area contributed by atoms with Crippen LogP contribution in [0.3, 0.4) is 0 Å². The Morgan fingerprint density at radius 1 is 0.929 bits per heavy atom. The summed E-state index contributed by atoms with van der Waals surface area (Å²) < 4.78 is 13.0. The van der Waals surface area contributed by atoms with E-state index in [1.54, 1.807) is 0 Å². The van der Waals surface area contributed by atoms with E-state index in [1.807, 2.05) is 6.07 Å². The van der Waals surface area contributed by atoms with Crippen molar-refractivity contribution >= 4 is 20.2 Å². The lowest BCUT2D eigenvalue weighted by molar-refractivity contribution is 0.327. The molecular weight excluding hydrogens is 362 g/mol. The molecule has 0 aromatic heterocycles. The lowest BCUT2D eigenvalue weighted by Gasteiger charge is -2.42. The monoisotopic (exact) mass is 393 g/mol. The summed E-state index contributed by atoms with van der Waals surface area (Å²) >= 11 is 0. The summed E-state index contributed by atoms with van der Waals surface area (Å²) in [5.74, 6) is 1.88. The highest BCUT2D eigenvalue weighted by molar-refractivity contribution is 6.78. The van der Waals surface area contributed by atoms with E-state index in [0.29, 0.717) is 23.2 Å². The Hall–Kier alpha value is -2.07. The van der Waals surface area contributed by atoms with Crippen LogP contribution < -0.4 is 9.16 Å². The molecule has 0 N–H and O–H groups in total. The average molecular weight is 394 g/mol.